The Hall–Kier alpha value is -0.0600. The van der Waals surface area contributed by atoms with Crippen LogP contribution in [0.15, 0.2) is 12.1 Å². The van der Waals surface area contributed by atoms with Gasteiger partial charge in [-0.3, -0.25) is 0 Å². The van der Waals surface area contributed by atoms with E-state index in [1.54, 1.807) is 11.8 Å². The van der Waals surface area contributed by atoms with Gasteiger partial charge in [0.2, 0.25) is 0 Å². The summed E-state index contributed by atoms with van der Waals surface area (Å²) in [5, 5.41) is -0.0293. The van der Waals surface area contributed by atoms with E-state index in [0.717, 1.165) is 18.2 Å². The number of benzene rings is 1. The minimum absolute atomic E-state index is 0.0270. The van der Waals surface area contributed by atoms with Crippen molar-refractivity contribution in [1.82, 2.24) is 0 Å². The maximum absolute atomic E-state index is 12.7. The number of halogens is 5. The minimum Gasteiger partial charge on any atom is -0.166 e. The fourth-order valence-corrected chi connectivity index (χ4v) is 3.02. The van der Waals surface area contributed by atoms with E-state index in [2.05, 4.69) is 0 Å². The second-order valence-corrected chi connectivity index (χ2v) is 6.12. The highest BCUT2D eigenvalue weighted by Gasteiger charge is 2.34. The average molecular weight is 301 g/mol. The van der Waals surface area contributed by atoms with E-state index < -0.39 is 16.8 Å². The largest absolute Gasteiger partial charge is 0.417 e. The normalized spacial score (nSPS) is 20.2. The highest BCUT2D eigenvalue weighted by Crippen LogP contribution is 2.40. The van der Waals surface area contributed by atoms with Gasteiger partial charge in [-0.2, -0.15) is 24.9 Å². The number of hydrogen-bond acceptors (Lipinski definition) is 1. The molecular formula is C11H9Cl2F3S. The van der Waals surface area contributed by atoms with E-state index in [4.69, 9.17) is 23.2 Å². The number of alkyl halides is 3. The molecule has 0 aromatic heterocycles. The molecule has 0 aliphatic carbocycles. The van der Waals surface area contributed by atoms with E-state index in [1.807, 2.05) is 0 Å². The molecule has 0 spiro atoms. The Kier molecular flexibility index (Phi) is 3.86. The zero-order chi connectivity index (χ0) is 12.6. The molecule has 94 valence electrons. The summed E-state index contributed by atoms with van der Waals surface area (Å²) in [5.74, 6) is 1.08. The van der Waals surface area contributed by atoms with Crippen LogP contribution >= 0.6 is 35.0 Å². The third-order valence-electron chi connectivity index (χ3n) is 2.65. The summed E-state index contributed by atoms with van der Waals surface area (Å²) in [5.41, 5.74) is -0.241. The molecule has 0 saturated carbocycles. The zero-order valence-corrected chi connectivity index (χ0v) is 11.0. The Balaban J connectivity index is 2.31. The van der Waals surface area contributed by atoms with Crippen LogP contribution < -0.4 is 0 Å². The van der Waals surface area contributed by atoms with Crippen molar-refractivity contribution in [2.45, 2.75) is 24.3 Å². The zero-order valence-electron chi connectivity index (χ0n) is 8.65. The van der Waals surface area contributed by atoms with Crippen LogP contribution in [0.2, 0.25) is 10.0 Å². The molecule has 1 aromatic carbocycles. The summed E-state index contributed by atoms with van der Waals surface area (Å²) in [4.78, 5) is 0. The molecule has 1 heterocycles. The molecular weight excluding hydrogens is 292 g/mol. The monoisotopic (exact) mass is 300 g/mol. The summed E-state index contributed by atoms with van der Waals surface area (Å²) < 4.78 is 38.1. The fourth-order valence-electron chi connectivity index (χ4n) is 1.68. The molecule has 1 atom stereocenters. The highest BCUT2D eigenvalue weighted by molar-refractivity contribution is 8.01. The van der Waals surface area contributed by atoms with Crippen LogP contribution in [0, 0.1) is 0 Å². The van der Waals surface area contributed by atoms with Crippen molar-refractivity contribution in [3.05, 3.63) is 33.3 Å². The molecule has 0 amide bonds. The third kappa shape index (κ3) is 3.04. The number of rotatable bonds is 2. The third-order valence-corrected chi connectivity index (χ3v) is 4.80. The van der Waals surface area contributed by atoms with Crippen LogP contribution in [0.5, 0.6) is 0 Å². The first-order valence-electron chi connectivity index (χ1n) is 5.04. The fraction of sp³-hybridized carbons (Fsp3) is 0.455. The maximum Gasteiger partial charge on any atom is 0.417 e. The van der Waals surface area contributed by atoms with Crippen LogP contribution in [0.25, 0.3) is 0 Å². The van der Waals surface area contributed by atoms with Crippen molar-refractivity contribution in [2.75, 3.05) is 5.75 Å². The summed E-state index contributed by atoms with van der Waals surface area (Å²) in [6.07, 6.45) is -2.79. The Labute approximate surface area is 111 Å². The lowest BCUT2D eigenvalue weighted by atomic mass is 10.0. The van der Waals surface area contributed by atoms with Crippen LogP contribution in [0.4, 0.5) is 13.2 Å². The molecule has 1 aromatic rings. The van der Waals surface area contributed by atoms with Gasteiger partial charge in [0.1, 0.15) is 0 Å². The van der Waals surface area contributed by atoms with Gasteiger partial charge in [0.05, 0.1) is 15.6 Å². The van der Waals surface area contributed by atoms with Gasteiger partial charge in [-0.1, -0.05) is 23.2 Å². The van der Waals surface area contributed by atoms with E-state index in [0.29, 0.717) is 17.2 Å². The van der Waals surface area contributed by atoms with Crippen LogP contribution in [0.3, 0.4) is 0 Å². The molecule has 1 saturated heterocycles. The molecule has 2 rings (SSSR count). The van der Waals surface area contributed by atoms with Gasteiger partial charge in [0, 0.05) is 5.25 Å². The van der Waals surface area contributed by atoms with Gasteiger partial charge >= 0.3 is 6.18 Å². The first-order chi connectivity index (χ1) is 7.88. The lowest BCUT2D eigenvalue weighted by molar-refractivity contribution is -0.137. The van der Waals surface area contributed by atoms with E-state index in [9.17, 15) is 13.2 Å². The van der Waals surface area contributed by atoms with E-state index >= 15 is 0 Å². The average Bonchev–Trinajstić information content (AvgIpc) is 2.15. The van der Waals surface area contributed by atoms with Crippen molar-refractivity contribution in [2.24, 2.45) is 0 Å². The first kappa shape index (κ1) is 13.4. The second kappa shape index (κ2) is 4.90. The van der Waals surface area contributed by atoms with Gasteiger partial charge in [0.15, 0.2) is 0 Å². The smallest absolute Gasteiger partial charge is 0.166 e. The lowest BCUT2D eigenvalue weighted by Crippen LogP contribution is -2.18. The summed E-state index contributed by atoms with van der Waals surface area (Å²) in [7, 11) is 0. The quantitative estimate of drug-likeness (QED) is 0.735. The topological polar surface area (TPSA) is 0 Å². The number of hydrogen-bond donors (Lipinski definition) is 0. The molecule has 0 radical (unpaired) electrons. The molecule has 17 heavy (non-hydrogen) atoms. The molecule has 0 bridgehead atoms. The second-order valence-electron chi connectivity index (χ2n) is 3.92. The predicted octanol–water partition coefficient (Wildman–Crippen LogP) is 5.06. The predicted molar refractivity (Wildman–Crippen MR) is 66.0 cm³/mol. The molecule has 0 nitrogen and oxygen atoms in total. The van der Waals surface area contributed by atoms with Crippen molar-refractivity contribution >= 4 is 35.0 Å². The van der Waals surface area contributed by atoms with Gasteiger partial charge in [0.25, 0.3) is 0 Å². The molecule has 1 unspecified atom stereocenters. The summed E-state index contributed by atoms with van der Waals surface area (Å²) in [6.45, 7) is 0. The summed E-state index contributed by atoms with van der Waals surface area (Å²) >= 11 is 13.1. The standard InChI is InChI=1S/C11H9Cl2F3S/c12-9-5-6(3-7-1-2-17-7)4-8(10(9)13)11(14,15)16/h4-5,7H,1-3H2. The van der Waals surface area contributed by atoms with Gasteiger partial charge < -0.3 is 0 Å². The Bertz CT molecular complexity index is 427. The Morgan fingerprint density at radius 3 is 2.41 bits per heavy atom. The van der Waals surface area contributed by atoms with Crippen LogP contribution in [-0.4, -0.2) is 11.0 Å². The molecule has 1 aliphatic heterocycles. The van der Waals surface area contributed by atoms with Crippen molar-refractivity contribution in [3.63, 3.8) is 0 Å². The summed E-state index contributed by atoms with van der Waals surface area (Å²) in [6, 6.07) is 2.63. The Morgan fingerprint density at radius 2 is 1.94 bits per heavy atom. The minimum atomic E-state index is -4.45. The number of thioether (sulfide) groups is 1. The molecule has 0 N–H and O–H groups in total. The SMILES string of the molecule is FC(F)(F)c1cc(CC2CCS2)cc(Cl)c1Cl. The molecule has 1 fully saturated rings. The van der Waals surface area contributed by atoms with Gasteiger partial charge in [-0.15, -0.1) is 0 Å². The van der Waals surface area contributed by atoms with Gasteiger partial charge in [-0.05, 0) is 36.3 Å². The van der Waals surface area contributed by atoms with E-state index in [1.165, 1.54) is 6.07 Å². The van der Waals surface area contributed by atoms with Crippen LogP contribution in [0.1, 0.15) is 17.5 Å². The maximum atomic E-state index is 12.7. The van der Waals surface area contributed by atoms with Gasteiger partial charge in [-0.25, -0.2) is 0 Å². The molecule has 6 heteroatoms. The van der Waals surface area contributed by atoms with Crippen molar-refractivity contribution < 1.29 is 13.2 Å². The van der Waals surface area contributed by atoms with Crippen LogP contribution in [-0.2, 0) is 12.6 Å². The van der Waals surface area contributed by atoms with Crippen molar-refractivity contribution in [1.29, 1.82) is 0 Å². The Morgan fingerprint density at radius 1 is 1.29 bits per heavy atom. The van der Waals surface area contributed by atoms with Crippen molar-refractivity contribution in [3.8, 4) is 0 Å². The first-order valence-corrected chi connectivity index (χ1v) is 6.85. The lowest BCUT2D eigenvalue weighted by Gasteiger charge is -2.25. The molecule has 1 aliphatic rings. The highest BCUT2D eigenvalue weighted by atomic mass is 35.5. The van der Waals surface area contributed by atoms with E-state index in [-0.39, 0.29) is 5.02 Å².